The monoisotopic (exact) mass is 331 g/mol. The van der Waals surface area contributed by atoms with Crippen molar-refractivity contribution in [2.75, 3.05) is 13.7 Å². The van der Waals surface area contributed by atoms with Crippen LogP contribution in [0.25, 0.3) is 21.9 Å². The second kappa shape index (κ2) is 6.32. The molecule has 3 rings (SSSR count). The van der Waals surface area contributed by atoms with E-state index in [1.807, 2.05) is 37.1 Å². The molecule has 5 heteroatoms. The lowest BCUT2D eigenvalue weighted by atomic mass is 10.1. The van der Waals surface area contributed by atoms with Crippen molar-refractivity contribution in [3.8, 4) is 0 Å². The Bertz CT molecular complexity index is 919. The molecule has 23 heavy (non-hydrogen) atoms. The molecular formula is C18H18ClNO3. The first-order chi connectivity index (χ1) is 11.0. The first-order valence-corrected chi connectivity index (χ1v) is 7.83. The van der Waals surface area contributed by atoms with Gasteiger partial charge < -0.3 is 9.52 Å². The summed E-state index contributed by atoms with van der Waals surface area (Å²) < 4.78 is 5.80. The number of rotatable bonds is 4. The van der Waals surface area contributed by atoms with Gasteiger partial charge >= 0.3 is 0 Å². The van der Waals surface area contributed by atoms with Gasteiger partial charge in [0.2, 0.25) is 5.43 Å². The highest BCUT2D eigenvalue weighted by molar-refractivity contribution is 6.31. The number of fused-ring (bicyclic) bond motifs is 2. The van der Waals surface area contributed by atoms with Crippen molar-refractivity contribution in [3.63, 3.8) is 0 Å². The van der Waals surface area contributed by atoms with Crippen LogP contribution < -0.4 is 5.43 Å². The summed E-state index contributed by atoms with van der Waals surface area (Å²) in [5.41, 5.74) is 1.98. The topological polar surface area (TPSA) is 53.7 Å². The predicted octanol–water partition coefficient (Wildman–Crippen LogP) is 3.41. The minimum Gasteiger partial charge on any atom is -0.456 e. The summed E-state index contributed by atoms with van der Waals surface area (Å²) >= 11 is 5.96. The van der Waals surface area contributed by atoms with Gasteiger partial charge in [-0.2, -0.15) is 0 Å². The van der Waals surface area contributed by atoms with E-state index in [-0.39, 0.29) is 18.1 Å². The van der Waals surface area contributed by atoms with E-state index < -0.39 is 0 Å². The van der Waals surface area contributed by atoms with Crippen LogP contribution in [0.4, 0.5) is 0 Å². The molecule has 0 aliphatic carbocycles. The maximum atomic E-state index is 12.7. The number of hydrogen-bond donors (Lipinski definition) is 1. The normalized spacial score (nSPS) is 13.1. The Morgan fingerprint density at radius 2 is 1.96 bits per heavy atom. The van der Waals surface area contributed by atoms with Crippen molar-refractivity contribution in [1.82, 2.24) is 4.90 Å². The molecule has 1 aromatic heterocycles. The summed E-state index contributed by atoms with van der Waals surface area (Å²) in [6.45, 7) is 2.69. The molecule has 120 valence electrons. The van der Waals surface area contributed by atoms with Crippen molar-refractivity contribution in [3.05, 3.63) is 57.2 Å². The minimum atomic E-state index is -0.0578. The summed E-state index contributed by atoms with van der Waals surface area (Å²) in [6, 6.07) is 10.7. The van der Waals surface area contributed by atoms with Crippen LogP contribution in [0.3, 0.4) is 0 Å². The average molecular weight is 332 g/mol. The summed E-state index contributed by atoms with van der Waals surface area (Å²) in [7, 11) is 1.94. The molecule has 0 radical (unpaired) electrons. The zero-order valence-electron chi connectivity index (χ0n) is 13.0. The quantitative estimate of drug-likeness (QED) is 0.744. The van der Waals surface area contributed by atoms with E-state index in [1.165, 1.54) is 0 Å². The molecule has 0 unspecified atom stereocenters. The molecular weight excluding hydrogens is 314 g/mol. The Hall–Kier alpha value is -1.88. The molecule has 1 N–H and O–H groups in total. The van der Waals surface area contributed by atoms with Crippen molar-refractivity contribution >= 4 is 33.5 Å². The summed E-state index contributed by atoms with van der Waals surface area (Å²) in [5, 5.41) is 10.8. The van der Waals surface area contributed by atoms with Gasteiger partial charge in [0.05, 0.1) is 17.4 Å². The zero-order valence-corrected chi connectivity index (χ0v) is 13.8. The van der Waals surface area contributed by atoms with Crippen LogP contribution in [-0.2, 0) is 6.54 Å². The van der Waals surface area contributed by atoms with E-state index in [0.717, 1.165) is 5.56 Å². The van der Waals surface area contributed by atoms with Gasteiger partial charge in [-0.25, -0.2) is 0 Å². The third-order valence-corrected chi connectivity index (χ3v) is 4.38. The van der Waals surface area contributed by atoms with E-state index >= 15 is 0 Å². The molecule has 0 aliphatic heterocycles. The zero-order chi connectivity index (χ0) is 16.6. The number of nitrogens with zero attached hydrogens (tertiary/aromatic N) is 1. The largest absolute Gasteiger partial charge is 0.456 e. The first-order valence-electron chi connectivity index (χ1n) is 7.45. The number of aliphatic hydroxyl groups is 1. The highest BCUT2D eigenvalue weighted by Crippen LogP contribution is 2.23. The van der Waals surface area contributed by atoms with Gasteiger partial charge in [0.1, 0.15) is 11.2 Å². The fourth-order valence-corrected chi connectivity index (χ4v) is 2.72. The van der Waals surface area contributed by atoms with Crippen LogP contribution >= 0.6 is 11.6 Å². The summed E-state index contributed by atoms with van der Waals surface area (Å²) in [5.74, 6) is 0. The van der Waals surface area contributed by atoms with Crippen molar-refractivity contribution in [1.29, 1.82) is 0 Å². The second-order valence-corrected chi connectivity index (χ2v) is 6.29. The molecule has 0 aliphatic rings. The SMILES string of the molecule is C[C@@H](CO)N(C)Cc1ccc2oc3cc(Cl)ccc3c(=O)c2c1. The molecule has 4 nitrogen and oxygen atoms in total. The lowest BCUT2D eigenvalue weighted by Gasteiger charge is -2.22. The van der Waals surface area contributed by atoms with Crippen molar-refractivity contribution < 1.29 is 9.52 Å². The van der Waals surface area contributed by atoms with E-state index in [9.17, 15) is 9.90 Å². The molecule has 2 aromatic carbocycles. The van der Waals surface area contributed by atoms with Crippen LogP contribution in [0.5, 0.6) is 0 Å². The maximum Gasteiger partial charge on any atom is 0.200 e. The van der Waals surface area contributed by atoms with Crippen molar-refractivity contribution in [2.24, 2.45) is 0 Å². The molecule has 0 saturated carbocycles. The van der Waals surface area contributed by atoms with E-state index in [0.29, 0.717) is 33.5 Å². The van der Waals surface area contributed by atoms with E-state index in [2.05, 4.69) is 0 Å². The standard InChI is InChI=1S/C18H18ClNO3/c1-11(10-21)20(2)9-12-3-6-16-15(7-12)18(22)14-5-4-13(19)8-17(14)23-16/h3-8,11,21H,9-10H2,1-2H3/t11-/m0/s1. The van der Waals surface area contributed by atoms with Gasteiger partial charge in [0, 0.05) is 23.7 Å². The Morgan fingerprint density at radius 3 is 2.70 bits per heavy atom. The van der Waals surface area contributed by atoms with Crippen LogP contribution in [0.15, 0.2) is 45.6 Å². The van der Waals surface area contributed by atoms with E-state index in [1.54, 1.807) is 18.2 Å². The van der Waals surface area contributed by atoms with Gasteiger partial charge in [-0.1, -0.05) is 17.7 Å². The number of likely N-dealkylation sites (N-methyl/N-ethyl adjacent to an activating group) is 1. The highest BCUT2D eigenvalue weighted by atomic mass is 35.5. The molecule has 0 spiro atoms. The van der Waals surface area contributed by atoms with Crippen LogP contribution in [0.2, 0.25) is 5.02 Å². The average Bonchev–Trinajstić information content (AvgIpc) is 2.54. The van der Waals surface area contributed by atoms with E-state index in [4.69, 9.17) is 16.0 Å². The number of halogens is 1. The highest BCUT2D eigenvalue weighted by Gasteiger charge is 2.12. The smallest absolute Gasteiger partial charge is 0.200 e. The van der Waals surface area contributed by atoms with Gasteiger partial charge in [-0.3, -0.25) is 9.69 Å². The van der Waals surface area contributed by atoms with Gasteiger partial charge in [-0.15, -0.1) is 0 Å². The lowest BCUT2D eigenvalue weighted by molar-refractivity contribution is 0.154. The third kappa shape index (κ3) is 3.11. The van der Waals surface area contributed by atoms with Crippen LogP contribution in [0.1, 0.15) is 12.5 Å². The Morgan fingerprint density at radius 1 is 1.17 bits per heavy atom. The number of benzene rings is 2. The first kappa shape index (κ1) is 16.0. The van der Waals surface area contributed by atoms with Gasteiger partial charge in [0.15, 0.2) is 0 Å². The van der Waals surface area contributed by atoms with Crippen LogP contribution in [-0.4, -0.2) is 29.7 Å². The Labute approximate surface area is 138 Å². The minimum absolute atomic E-state index is 0.0563. The second-order valence-electron chi connectivity index (χ2n) is 5.85. The molecule has 0 saturated heterocycles. The van der Waals surface area contributed by atoms with Crippen LogP contribution in [0, 0.1) is 0 Å². The molecule has 1 atom stereocenters. The van der Waals surface area contributed by atoms with Crippen molar-refractivity contribution in [2.45, 2.75) is 19.5 Å². The molecule has 0 fully saturated rings. The molecule has 0 bridgehead atoms. The fraction of sp³-hybridized carbons (Fsp3) is 0.278. The third-order valence-electron chi connectivity index (χ3n) is 4.15. The Kier molecular flexibility index (Phi) is 4.39. The van der Waals surface area contributed by atoms with Gasteiger partial charge in [0.25, 0.3) is 0 Å². The fourth-order valence-electron chi connectivity index (χ4n) is 2.56. The lowest BCUT2D eigenvalue weighted by Crippen LogP contribution is -2.31. The predicted molar refractivity (Wildman–Crippen MR) is 93.0 cm³/mol. The summed E-state index contributed by atoms with van der Waals surface area (Å²) in [6.07, 6.45) is 0. The molecule has 3 aromatic rings. The Balaban J connectivity index is 2.09. The molecule has 1 heterocycles. The summed E-state index contributed by atoms with van der Waals surface area (Å²) in [4.78, 5) is 14.7. The number of hydrogen-bond acceptors (Lipinski definition) is 4. The number of aliphatic hydroxyl groups excluding tert-OH is 1. The molecule has 0 amide bonds. The maximum absolute atomic E-state index is 12.7. The van der Waals surface area contributed by atoms with Gasteiger partial charge in [-0.05, 0) is 43.8 Å².